The summed E-state index contributed by atoms with van der Waals surface area (Å²) in [6.07, 6.45) is 9.21. The quantitative estimate of drug-likeness (QED) is 0.642. The average molecular weight is 168 g/mol. The molecule has 0 aromatic rings. The fourth-order valence-corrected chi connectivity index (χ4v) is 2.20. The lowest BCUT2D eigenvalue weighted by Gasteiger charge is -2.32. The minimum Gasteiger partial charge on any atom is -0.396 e. The van der Waals surface area contributed by atoms with Crippen LogP contribution in [-0.2, 0) is 0 Å². The zero-order chi connectivity index (χ0) is 9.03. The average Bonchev–Trinajstić information content (AvgIpc) is 2.01. The van der Waals surface area contributed by atoms with Gasteiger partial charge in [-0.2, -0.15) is 0 Å². The van der Waals surface area contributed by atoms with Gasteiger partial charge in [-0.15, -0.1) is 0 Å². The third kappa shape index (κ3) is 2.63. The Hall–Kier alpha value is -0.300. The molecule has 1 heteroatoms. The Bertz CT molecular complexity index is 162. The molecular formula is C11H20O. The van der Waals surface area contributed by atoms with E-state index in [1.165, 1.54) is 12.8 Å². The minimum absolute atomic E-state index is 0.331. The van der Waals surface area contributed by atoms with E-state index >= 15 is 0 Å². The Morgan fingerprint density at radius 3 is 2.92 bits per heavy atom. The molecular weight excluding hydrogens is 148 g/mol. The van der Waals surface area contributed by atoms with Crippen LogP contribution >= 0.6 is 0 Å². The van der Waals surface area contributed by atoms with Gasteiger partial charge >= 0.3 is 0 Å². The van der Waals surface area contributed by atoms with Gasteiger partial charge in [-0.25, -0.2) is 0 Å². The van der Waals surface area contributed by atoms with Gasteiger partial charge in [-0.05, 0) is 37.0 Å². The van der Waals surface area contributed by atoms with Gasteiger partial charge in [0.25, 0.3) is 0 Å². The Labute approximate surface area is 75.5 Å². The van der Waals surface area contributed by atoms with Gasteiger partial charge < -0.3 is 5.11 Å². The van der Waals surface area contributed by atoms with E-state index in [-0.39, 0.29) is 0 Å². The third-order valence-electron chi connectivity index (χ3n) is 2.78. The Morgan fingerprint density at radius 2 is 2.33 bits per heavy atom. The first-order valence-corrected chi connectivity index (χ1v) is 4.95. The van der Waals surface area contributed by atoms with Gasteiger partial charge in [0, 0.05) is 6.61 Å². The van der Waals surface area contributed by atoms with Crippen molar-refractivity contribution in [2.24, 2.45) is 11.3 Å². The highest BCUT2D eigenvalue weighted by Crippen LogP contribution is 2.37. The molecule has 1 N–H and O–H groups in total. The van der Waals surface area contributed by atoms with Gasteiger partial charge in [0.2, 0.25) is 0 Å². The molecule has 2 atom stereocenters. The van der Waals surface area contributed by atoms with Crippen LogP contribution in [0.1, 0.15) is 39.5 Å². The maximum Gasteiger partial charge on any atom is 0.0431 e. The van der Waals surface area contributed by atoms with E-state index in [4.69, 9.17) is 5.11 Å². The summed E-state index contributed by atoms with van der Waals surface area (Å²) in [6, 6.07) is 0. The summed E-state index contributed by atoms with van der Waals surface area (Å²) in [6.45, 7) is 4.94. The van der Waals surface area contributed by atoms with Crippen LogP contribution in [0, 0.1) is 11.3 Å². The first-order valence-electron chi connectivity index (χ1n) is 4.95. The largest absolute Gasteiger partial charge is 0.396 e. The second kappa shape index (κ2) is 4.08. The third-order valence-corrected chi connectivity index (χ3v) is 2.78. The van der Waals surface area contributed by atoms with Crippen molar-refractivity contribution in [3.63, 3.8) is 0 Å². The molecule has 0 aromatic heterocycles. The van der Waals surface area contributed by atoms with Gasteiger partial charge in [0.15, 0.2) is 0 Å². The van der Waals surface area contributed by atoms with Crippen LogP contribution in [0.25, 0.3) is 0 Å². The summed E-state index contributed by atoms with van der Waals surface area (Å²) < 4.78 is 0. The van der Waals surface area contributed by atoms with E-state index in [2.05, 4.69) is 26.0 Å². The maximum absolute atomic E-state index is 8.75. The summed E-state index contributed by atoms with van der Waals surface area (Å²) in [5, 5.41) is 8.75. The number of rotatable bonds is 3. The summed E-state index contributed by atoms with van der Waals surface area (Å²) in [5.74, 6) is 0.818. The van der Waals surface area contributed by atoms with E-state index in [1.807, 2.05) is 0 Å². The second-order valence-electron chi connectivity index (χ2n) is 4.43. The van der Waals surface area contributed by atoms with Crippen molar-refractivity contribution in [1.29, 1.82) is 0 Å². The number of allylic oxidation sites excluding steroid dienone is 2. The van der Waals surface area contributed by atoms with Crippen LogP contribution in [0.5, 0.6) is 0 Å². The molecule has 0 aliphatic heterocycles. The normalized spacial score (nSPS) is 35.4. The monoisotopic (exact) mass is 168 g/mol. The molecule has 70 valence electrons. The molecule has 0 bridgehead atoms. The van der Waals surface area contributed by atoms with E-state index in [1.54, 1.807) is 0 Å². The number of hydrogen-bond donors (Lipinski definition) is 1. The molecule has 0 heterocycles. The molecule has 1 aliphatic carbocycles. The van der Waals surface area contributed by atoms with Crippen molar-refractivity contribution in [2.45, 2.75) is 39.5 Å². The molecule has 0 saturated carbocycles. The number of aliphatic hydroxyl groups excluding tert-OH is 1. The summed E-state index contributed by atoms with van der Waals surface area (Å²) in [7, 11) is 0. The van der Waals surface area contributed by atoms with Gasteiger partial charge in [0.05, 0.1) is 0 Å². The van der Waals surface area contributed by atoms with Gasteiger partial charge in [-0.3, -0.25) is 0 Å². The summed E-state index contributed by atoms with van der Waals surface area (Å²) in [4.78, 5) is 0. The van der Waals surface area contributed by atoms with Gasteiger partial charge in [0.1, 0.15) is 0 Å². The molecule has 0 fully saturated rings. The Morgan fingerprint density at radius 1 is 1.58 bits per heavy atom. The van der Waals surface area contributed by atoms with Crippen molar-refractivity contribution in [3.05, 3.63) is 12.2 Å². The molecule has 1 aliphatic rings. The van der Waals surface area contributed by atoms with Crippen molar-refractivity contribution in [1.82, 2.24) is 0 Å². The second-order valence-corrected chi connectivity index (χ2v) is 4.43. The van der Waals surface area contributed by atoms with Crippen LogP contribution in [0.3, 0.4) is 0 Å². The van der Waals surface area contributed by atoms with Crippen LogP contribution in [-0.4, -0.2) is 11.7 Å². The topological polar surface area (TPSA) is 20.2 Å². The standard InChI is InChI=1S/C11H20O/c1-10-5-3-6-11(2,9-10)7-4-8-12/h3,6,10,12H,4-5,7-9H2,1-2H3. The molecule has 0 saturated heterocycles. The van der Waals surface area contributed by atoms with Crippen LogP contribution in [0.15, 0.2) is 12.2 Å². The van der Waals surface area contributed by atoms with E-state index < -0.39 is 0 Å². The van der Waals surface area contributed by atoms with Crippen LogP contribution in [0.2, 0.25) is 0 Å². The van der Waals surface area contributed by atoms with Gasteiger partial charge in [-0.1, -0.05) is 26.0 Å². The fourth-order valence-electron chi connectivity index (χ4n) is 2.20. The predicted molar refractivity (Wildman–Crippen MR) is 52.0 cm³/mol. The molecule has 0 amide bonds. The highest BCUT2D eigenvalue weighted by molar-refractivity contribution is 5.02. The lowest BCUT2D eigenvalue weighted by molar-refractivity contribution is 0.228. The maximum atomic E-state index is 8.75. The van der Waals surface area contributed by atoms with E-state index in [0.29, 0.717) is 12.0 Å². The Balaban J connectivity index is 2.46. The lowest BCUT2D eigenvalue weighted by atomic mass is 9.73. The number of hydrogen-bond acceptors (Lipinski definition) is 1. The van der Waals surface area contributed by atoms with E-state index in [9.17, 15) is 0 Å². The number of aliphatic hydroxyl groups is 1. The lowest BCUT2D eigenvalue weighted by Crippen LogP contribution is -2.20. The molecule has 12 heavy (non-hydrogen) atoms. The zero-order valence-electron chi connectivity index (χ0n) is 8.21. The molecule has 2 unspecified atom stereocenters. The van der Waals surface area contributed by atoms with Crippen molar-refractivity contribution < 1.29 is 5.11 Å². The van der Waals surface area contributed by atoms with Crippen molar-refractivity contribution in [2.75, 3.05) is 6.61 Å². The first-order chi connectivity index (χ1) is 5.66. The molecule has 0 spiro atoms. The van der Waals surface area contributed by atoms with Crippen molar-refractivity contribution >= 4 is 0 Å². The zero-order valence-corrected chi connectivity index (χ0v) is 8.21. The molecule has 1 nitrogen and oxygen atoms in total. The highest BCUT2D eigenvalue weighted by atomic mass is 16.2. The first kappa shape index (κ1) is 9.79. The minimum atomic E-state index is 0.331. The smallest absolute Gasteiger partial charge is 0.0431 e. The molecule has 0 aromatic carbocycles. The highest BCUT2D eigenvalue weighted by Gasteiger charge is 2.25. The predicted octanol–water partition coefficient (Wildman–Crippen LogP) is 2.75. The molecule has 0 radical (unpaired) electrons. The summed E-state index contributed by atoms with van der Waals surface area (Å²) >= 11 is 0. The van der Waals surface area contributed by atoms with E-state index in [0.717, 1.165) is 18.8 Å². The van der Waals surface area contributed by atoms with Crippen LogP contribution in [0.4, 0.5) is 0 Å². The Kier molecular flexibility index (Phi) is 3.33. The van der Waals surface area contributed by atoms with Crippen molar-refractivity contribution in [3.8, 4) is 0 Å². The fraction of sp³-hybridized carbons (Fsp3) is 0.818. The SMILES string of the molecule is CC1CC=CC(C)(CCCO)C1. The van der Waals surface area contributed by atoms with Crippen LogP contribution < -0.4 is 0 Å². The molecule has 1 rings (SSSR count). The summed E-state index contributed by atoms with van der Waals surface area (Å²) in [5.41, 5.74) is 0.362.